The first kappa shape index (κ1) is 12.8. The summed E-state index contributed by atoms with van der Waals surface area (Å²) in [5.41, 5.74) is 3.03. The van der Waals surface area contributed by atoms with Crippen LogP contribution in [-0.4, -0.2) is 29.0 Å². The Balaban J connectivity index is 1.73. The van der Waals surface area contributed by atoms with Crippen molar-refractivity contribution in [3.05, 3.63) is 53.8 Å². The number of aliphatic hydroxyl groups excluding tert-OH is 1. The summed E-state index contributed by atoms with van der Waals surface area (Å²) >= 11 is 5.83. The van der Waals surface area contributed by atoms with Crippen molar-refractivity contribution < 1.29 is 9.84 Å². The zero-order valence-electron chi connectivity index (χ0n) is 9.79. The van der Waals surface area contributed by atoms with Gasteiger partial charge in [0.15, 0.2) is 0 Å². The molecule has 0 saturated heterocycles. The number of aromatic nitrogens is 1. The molecule has 1 atom stereocenters. The lowest BCUT2D eigenvalue weighted by atomic mass is 10.3. The highest BCUT2D eigenvalue weighted by atomic mass is 35.5. The van der Waals surface area contributed by atoms with Gasteiger partial charge in [-0.25, -0.2) is 0 Å². The first-order chi connectivity index (χ1) is 8.74. The zero-order chi connectivity index (χ0) is 12.8. The van der Waals surface area contributed by atoms with Crippen LogP contribution in [0.4, 0.5) is 0 Å². The maximum Gasteiger partial charge on any atom is 0.120 e. The van der Waals surface area contributed by atoms with Crippen molar-refractivity contribution >= 4 is 11.6 Å². The third-order valence-corrected chi connectivity index (χ3v) is 2.59. The van der Waals surface area contributed by atoms with E-state index in [0.29, 0.717) is 17.3 Å². The van der Waals surface area contributed by atoms with Gasteiger partial charge in [-0.3, -0.25) is 4.68 Å². The van der Waals surface area contributed by atoms with Gasteiger partial charge in [-0.15, -0.1) is 0 Å². The predicted octanol–water partition coefficient (Wildman–Crippen LogP) is 2.12. The van der Waals surface area contributed by atoms with E-state index in [4.69, 9.17) is 16.3 Å². The minimum absolute atomic E-state index is 0.217. The normalized spacial score (nSPS) is 12.1. The molecule has 0 fully saturated rings. The van der Waals surface area contributed by atoms with Crippen molar-refractivity contribution in [1.82, 2.24) is 4.68 Å². The molecule has 0 aliphatic carbocycles. The summed E-state index contributed by atoms with van der Waals surface area (Å²) in [5, 5.41) is 10.4. The lowest BCUT2D eigenvalue weighted by Gasteiger charge is -2.14. The highest BCUT2D eigenvalue weighted by Crippen LogP contribution is 2.17. The molecule has 96 valence electrons. The molecular weight excluding hydrogens is 252 g/mol. The molecule has 0 aliphatic rings. The summed E-state index contributed by atoms with van der Waals surface area (Å²) < 4.78 is 7.22. The average Bonchev–Trinajstić information content (AvgIpc) is 2.87. The molecule has 4 nitrogen and oxygen atoms in total. The van der Waals surface area contributed by atoms with Gasteiger partial charge in [-0.2, -0.15) is 0 Å². The fourth-order valence-electron chi connectivity index (χ4n) is 1.46. The third-order valence-electron chi connectivity index (χ3n) is 2.35. The summed E-state index contributed by atoms with van der Waals surface area (Å²) in [6, 6.07) is 10.9. The fourth-order valence-corrected chi connectivity index (χ4v) is 1.64. The molecule has 2 aromatic rings. The monoisotopic (exact) mass is 266 g/mol. The predicted molar refractivity (Wildman–Crippen MR) is 71.6 cm³/mol. The Morgan fingerprint density at radius 3 is 2.78 bits per heavy atom. The van der Waals surface area contributed by atoms with E-state index in [0.717, 1.165) is 0 Å². The number of hydrogen-bond donors (Lipinski definition) is 2. The standard InChI is InChI=1S/C13H15ClN2O2/c14-11-4-3-5-13(8-11)18-10-12(17)9-15-16-6-1-2-7-16/h1-8,12,15,17H,9-10H2. The molecule has 1 heterocycles. The van der Waals surface area contributed by atoms with Gasteiger partial charge < -0.3 is 15.3 Å². The van der Waals surface area contributed by atoms with Crippen LogP contribution in [0.25, 0.3) is 0 Å². The van der Waals surface area contributed by atoms with Crippen LogP contribution >= 0.6 is 11.6 Å². The molecule has 0 bridgehead atoms. The van der Waals surface area contributed by atoms with Crippen LogP contribution in [0.15, 0.2) is 48.8 Å². The van der Waals surface area contributed by atoms with Gasteiger partial charge in [-0.05, 0) is 30.3 Å². The van der Waals surface area contributed by atoms with E-state index in [1.165, 1.54) is 0 Å². The highest BCUT2D eigenvalue weighted by molar-refractivity contribution is 6.30. The summed E-state index contributed by atoms with van der Waals surface area (Å²) in [6.07, 6.45) is 3.14. The van der Waals surface area contributed by atoms with E-state index in [1.54, 1.807) is 22.9 Å². The number of nitrogens with zero attached hydrogens (tertiary/aromatic N) is 1. The number of hydrogen-bond acceptors (Lipinski definition) is 3. The molecule has 2 N–H and O–H groups in total. The number of rotatable bonds is 6. The van der Waals surface area contributed by atoms with E-state index in [-0.39, 0.29) is 6.61 Å². The molecule has 0 aliphatic heterocycles. The number of aliphatic hydroxyl groups is 1. The first-order valence-corrected chi connectivity index (χ1v) is 6.05. The SMILES string of the molecule is OC(CNn1cccc1)COc1cccc(Cl)c1. The molecule has 1 unspecified atom stereocenters. The van der Waals surface area contributed by atoms with Crippen molar-refractivity contribution in [1.29, 1.82) is 0 Å². The largest absolute Gasteiger partial charge is 0.491 e. The van der Waals surface area contributed by atoms with Crippen molar-refractivity contribution in [3.63, 3.8) is 0 Å². The van der Waals surface area contributed by atoms with Gasteiger partial charge in [0.25, 0.3) is 0 Å². The molecule has 18 heavy (non-hydrogen) atoms. The van der Waals surface area contributed by atoms with E-state index in [2.05, 4.69) is 5.43 Å². The van der Waals surface area contributed by atoms with Crippen molar-refractivity contribution in [2.24, 2.45) is 0 Å². The Kier molecular flexibility index (Phi) is 4.50. The van der Waals surface area contributed by atoms with Gasteiger partial charge in [0.05, 0.1) is 6.54 Å². The van der Waals surface area contributed by atoms with E-state index in [1.807, 2.05) is 30.6 Å². The van der Waals surface area contributed by atoms with Gasteiger partial charge in [0.2, 0.25) is 0 Å². The maximum atomic E-state index is 9.74. The first-order valence-electron chi connectivity index (χ1n) is 5.67. The van der Waals surface area contributed by atoms with E-state index >= 15 is 0 Å². The van der Waals surface area contributed by atoms with Gasteiger partial charge in [-0.1, -0.05) is 17.7 Å². The second kappa shape index (κ2) is 6.33. The summed E-state index contributed by atoms with van der Waals surface area (Å²) in [6.45, 7) is 0.629. The van der Waals surface area contributed by atoms with Crippen LogP contribution in [0.2, 0.25) is 5.02 Å². The van der Waals surface area contributed by atoms with Crippen molar-refractivity contribution in [2.75, 3.05) is 18.6 Å². The number of halogens is 1. The quantitative estimate of drug-likeness (QED) is 0.842. The maximum absolute atomic E-state index is 9.74. The molecular formula is C13H15ClN2O2. The number of nitrogens with one attached hydrogen (secondary N) is 1. The Bertz CT molecular complexity index is 474. The second-order valence-corrected chi connectivity index (χ2v) is 4.31. The summed E-state index contributed by atoms with van der Waals surface area (Å²) in [7, 11) is 0. The molecule has 2 rings (SSSR count). The molecule has 1 aromatic carbocycles. The van der Waals surface area contributed by atoms with Crippen LogP contribution < -0.4 is 10.2 Å². The summed E-state index contributed by atoms with van der Waals surface area (Å²) in [5.74, 6) is 0.655. The molecule has 0 saturated carbocycles. The fraction of sp³-hybridized carbons (Fsp3) is 0.231. The minimum Gasteiger partial charge on any atom is -0.491 e. The van der Waals surface area contributed by atoms with Crippen LogP contribution in [0, 0.1) is 0 Å². The average molecular weight is 267 g/mol. The van der Waals surface area contributed by atoms with Crippen molar-refractivity contribution in [2.45, 2.75) is 6.10 Å². The third kappa shape index (κ3) is 3.98. The lowest BCUT2D eigenvalue weighted by molar-refractivity contribution is 0.115. The Labute approximate surface area is 111 Å². The van der Waals surface area contributed by atoms with E-state index in [9.17, 15) is 5.11 Å². The van der Waals surface area contributed by atoms with Crippen LogP contribution in [0.1, 0.15) is 0 Å². The molecule has 0 spiro atoms. The Morgan fingerprint density at radius 1 is 1.28 bits per heavy atom. The number of benzene rings is 1. The summed E-state index contributed by atoms with van der Waals surface area (Å²) in [4.78, 5) is 0. The Morgan fingerprint density at radius 2 is 2.06 bits per heavy atom. The van der Waals surface area contributed by atoms with Crippen LogP contribution in [-0.2, 0) is 0 Å². The van der Waals surface area contributed by atoms with Gasteiger partial charge >= 0.3 is 0 Å². The van der Waals surface area contributed by atoms with E-state index < -0.39 is 6.10 Å². The van der Waals surface area contributed by atoms with Gasteiger partial charge in [0.1, 0.15) is 18.5 Å². The molecule has 5 heteroatoms. The molecule has 0 radical (unpaired) electrons. The zero-order valence-corrected chi connectivity index (χ0v) is 10.5. The molecule has 1 aromatic heterocycles. The number of ether oxygens (including phenoxy) is 1. The van der Waals surface area contributed by atoms with Crippen LogP contribution in [0.3, 0.4) is 0 Å². The topological polar surface area (TPSA) is 46.4 Å². The second-order valence-electron chi connectivity index (χ2n) is 3.87. The highest BCUT2D eigenvalue weighted by Gasteiger charge is 2.05. The Hall–Kier alpha value is -1.65. The van der Waals surface area contributed by atoms with Gasteiger partial charge in [0, 0.05) is 17.4 Å². The minimum atomic E-state index is -0.591. The lowest BCUT2D eigenvalue weighted by Crippen LogP contribution is -2.30. The molecule has 0 amide bonds. The van der Waals surface area contributed by atoms with Crippen molar-refractivity contribution in [3.8, 4) is 5.75 Å². The van der Waals surface area contributed by atoms with Crippen LogP contribution in [0.5, 0.6) is 5.75 Å². The smallest absolute Gasteiger partial charge is 0.120 e.